The summed E-state index contributed by atoms with van der Waals surface area (Å²) >= 11 is 0. The van der Waals surface area contributed by atoms with E-state index in [-0.39, 0.29) is 12.5 Å². The molecule has 0 aliphatic carbocycles. The number of hydrogen-bond acceptors (Lipinski definition) is 10. The maximum absolute atomic E-state index is 12.9. The fraction of sp³-hybridized carbons (Fsp3) is 0.974. The van der Waals surface area contributed by atoms with Crippen LogP contribution in [0.2, 0.25) is 0 Å². The van der Waals surface area contributed by atoms with Gasteiger partial charge in [0.1, 0.15) is 24.4 Å². The molecule has 0 aromatic rings. The van der Waals surface area contributed by atoms with Crippen molar-refractivity contribution in [2.45, 2.75) is 224 Å². The Labute approximate surface area is 309 Å². The molecule has 0 aromatic carbocycles. The summed E-state index contributed by atoms with van der Waals surface area (Å²) in [6, 6.07) is -0.848. The third kappa shape index (κ3) is 24.2. The van der Waals surface area contributed by atoms with Crippen LogP contribution in [0.25, 0.3) is 0 Å². The van der Waals surface area contributed by atoms with E-state index in [0.717, 1.165) is 51.4 Å². The van der Waals surface area contributed by atoms with E-state index in [4.69, 9.17) is 14.0 Å². The van der Waals surface area contributed by atoms with Crippen LogP contribution in [0.4, 0.5) is 0 Å². The Morgan fingerprint density at radius 3 is 1.57 bits per heavy atom. The van der Waals surface area contributed by atoms with Gasteiger partial charge in [-0.15, -0.1) is 0 Å². The zero-order chi connectivity index (χ0) is 37.7. The summed E-state index contributed by atoms with van der Waals surface area (Å²) in [5.74, 6) is -0.231. The van der Waals surface area contributed by atoms with E-state index >= 15 is 0 Å². The molecule has 7 unspecified atom stereocenters. The minimum absolute atomic E-state index is 0.231. The summed E-state index contributed by atoms with van der Waals surface area (Å²) < 4.78 is 47.4. The highest BCUT2D eigenvalue weighted by atomic mass is 32.3. The van der Waals surface area contributed by atoms with Crippen molar-refractivity contribution < 1.29 is 51.8 Å². The van der Waals surface area contributed by atoms with Crippen LogP contribution in [-0.2, 0) is 28.9 Å². The van der Waals surface area contributed by atoms with Gasteiger partial charge in [0.15, 0.2) is 6.29 Å². The molecule has 1 rings (SSSR count). The number of ether oxygens (including phenoxy) is 2. The molecule has 304 valence electrons. The predicted octanol–water partition coefficient (Wildman–Crippen LogP) is 6.66. The second-order valence-corrected chi connectivity index (χ2v) is 15.6. The average molecular weight is 754 g/mol. The largest absolute Gasteiger partial charge is 0.397 e. The number of unbranched alkanes of at least 4 members (excludes halogenated alkanes) is 22. The van der Waals surface area contributed by atoms with Crippen molar-refractivity contribution in [3.8, 4) is 0 Å². The van der Waals surface area contributed by atoms with Crippen LogP contribution in [0.1, 0.15) is 181 Å². The molecule has 1 heterocycles. The van der Waals surface area contributed by atoms with Gasteiger partial charge < -0.3 is 35.2 Å². The van der Waals surface area contributed by atoms with E-state index in [1.54, 1.807) is 0 Å². The molecule has 6 N–H and O–H groups in total. The van der Waals surface area contributed by atoms with Gasteiger partial charge in [-0.1, -0.05) is 162 Å². The Bertz CT molecular complexity index is 941. The van der Waals surface area contributed by atoms with Gasteiger partial charge in [-0.3, -0.25) is 9.35 Å². The smallest absolute Gasteiger partial charge is 0.394 e. The number of rotatable bonds is 34. The first-order valence-corrected chi connectivity index (χ1v) is 21.8. The van der Waals surface area contributed by atoms with Crippen molar-refractivity contribution in [3.63, 3.8) is 0 Å². The monoisotopic (exact) mass is 754 g/mol. The summed E-state index contributed by atoms with van der Waals surface area (Å²) in [5, 5.41) is 44.6. The Morgan fingerprint density at radius 1 is 0.706 bits per heavy atom. The predicted molar refractivity (Wildman–Crippen MR) is 199 cm³/mol. The highest BCUT2D eigenvalue weighted by Gasteiger charge is 2.48. The number of aliphatic hydroxyl groups excluding tert-OH is 4. The van der Waals surface area contributed by atoms with Gasteiger partial charge in [-0.25, -0.2) is 4.18 Å². The van der Waals surface area contributed by atoms with Gasteiger partial charge in [-0.05, 0) is 12.8 Å². The fourth-order valence-corrected chi connectivity index (χ4v) is 7.20. The normalized spacial score (nSPS) is 22.2. The minimum Gasteiger partial charge on any atom is -0.394 e. The Balaban J connectivity index is 2.58. The zero-order valence-corrected chi connectivity index (χ0v) is 32.8. The molecule has 12 nitrogen and oxygen atoms in total. The number of aliphatic hydroxyl groups is 4. The molecule has 7 atom stereocenters. The van der Waals surface area contributed by atoms with Crippen LogP contribution in [0.5, 0.6) is 0 Å². The molecule has 1 amide bonds. The van der Waals surface area contributed by atoms with Crippen molar-refractivity contribution in [2.75, 3.05) is 13.2 Å². The lowest BCUT2D eigenvalue weighted by Crippen LogP contribution is -2.61. The first-order valence-electron chi connectivity index (χ1n) is 20.4. The van der Waals surface area contributed by atoms with Gasteiger partial charge in [-0.2, -0.15) is 8.42 Å². The molecular weight excluding hydrogens is 678 g/mol. The first-order chi connectivity index (χ1) is 24.5. The molecule has 0 radical (unpaired) electrons. The summed E-state index contributed by atoms with van der Waals surface area (Å²) in [6.07, 6.45) is 19.7. The maximum Gasteiger partial charge on any atom is 0.397 e. The van der Waals surface area contributed by atoms with Gasteiger partial charge in [0.2, 0.25) is 5.91 Å². The minimum atomic E-state index is -5.07. The molecule has 0 aromatic heterocycles. The van der Waals surface area contributed by atoms with Gasteiger partial charge in [0, 0.05) is 6.42 Å². The summed E-state index contributed by atoms with van der Waals surface area (Å²) in [6.45, 7) is 3.41. The quantitative estimate of drug-likeness (QED) is 0.0304. The summed E-state index contributed by atoms with van der Waals surface area (Å²) in [7, 11) is -5.07. The highest BCUT2D eigenvalue weighted by Crippen LogP contribution is 2.26. The molecule has 0 bridgehead atoms. The molecule has 13 heteroatoms. The van der Waals surface area contributed by atoms with Crippen LogP contribution in [0, 0.1) is 0 Å². The van der Waals surface area contributed by atoms with Crippen LogP contribution < -0.4 is 5.32 Å². The van der Waals surface area contributed by atoms with E-state index in [2.05, 4.69) is 23.3 Å². The second kappa shape index (κ2) is 30.4. The third-order valence-electron chi connectivity index (χ3n) is 9.92. The third-order valence-corrected chi connectivity index (χ3v) is 10.4. The van der Waals surface area contributed by atoms with Gasteiger partial charge >= 0.3 is 10.4 Å². The molecule has 1 fully saturated rings. The van der Waals surface area contributed by atoms with Crippen molar-refractivity contribution in [2.24, 2.45) is 0 Å². The van der Waals surface area contributed by atoms with E-state index in [0.29, 0.717) is 12.8 Å². The Hall–Kier alpha value is -0.900. The SMILES string of the molecule is CCCCCCCCCCCCCCC(=O)NC(COC1OC(CO)C(O)C(OS(=O)(=O)O)C1O)C(O)CCCCCCCCCCCCCC. The molecule has 0 spiro atoms. The maximum atomic E-state index is 12.9. The molecule has 0 saturated carbocycles. The average Bonchev–Trinajstić information content (AvgIpc) is 3.09. The van der Waals surface area contributed by atoms with Crippen LogP contribution in [0.15, 0.2) is 0 Å². The fourth-order valence-electron chi connectivity index (χ4n) is 6.69. The van der Waals surface area contributed by atoms with E-state index in [1.165, 1.54) is 103 Å². The molecule has 1 saturated heterocycles. The molecular formula is C38H75NO11S. The van der Waals surface area contributed by atoms with E-state index in [1.807, 2.05) is 0 Å². The lowest BCUT2D eigenvalue weighted by molar-refractivity contribution is -0.298. The Kier molecular flexibility index (Phi) is 28.7. The lowest BCUT2D eigenvalue weighted by atomic mass is 9.99. The van der Waals surface area contributed by atoms with Crippen molar-refractivity contribution in [1.82, 2.24) is 5.32 Å². The van der Waals surface area contributed by atoms with Crippen LogP contribution in [-0.4, -0.2) is 95.4 Å². The lowest BCUT2D eigenvalue weighted by Gasteiger charge is -2.41. The van der Waals surface area contributed by atoms with E-state index < -0.39 is 59.9 Å². The molecule has 1 aliphatic heterocycles. The molecule has 1 aliphatic rings. The number of carbonyl (C=O) groups excluding carboxylic acids is 1. The Morgan fingerprint density at radius 2 is 1.14 bits per heavy atom. The summed E-state index contributed by atoms with van der Waals surface area (Å²) in [5.41, 5.74) is 0. The number of nitrogens with one attached hydrogen (secondary N) is 1. The van der Waals surface area contributed by atoms with Crippen LogP contribution in [0.3, 0.4) is 0 Å². The van der Waals surface area contributed by atoms with Crippen molar-refractivity contribution in [1.29, 1.82) is 0 Å². The highest BCUT2D eigenvalue weighted by molar-refractivity contribution is 7.80. The number of amides is 1. The van der Waals surface area contributed by atoms with Crippen LogP contribution >= 0.6 is 0 Å². The van der Waals surface area contributed by atoms with E-state index in [9.17, 15) is 33.6 Å². The standard InChI is InChI=1S/C38H75NO11S/c1-3-5-7-9-11-13-15-17-19-21-23-25-27-32(41)31(39-34(42)28-26-24-22-20-18-16-14-12-10-8-6-4-2)30-48-38-36(44)37(50-51(45,46)47)35(43)33(29-40)49-38/h31-33,35-38,40-41,43-44H,3-30H2,1-2H3,(H,39,42)(H,45,46,47). The molecule has 51 heavy (non-hydrogen) atoms. The first kappa shape index (κ1) is 48.1. The van der Waals surface area contributed by atoms with Crippen molar-refractivity contribution in [3.05, 3.63) is 0 Å². The van der Waals surface area contributed by atoms with Gasteiger partial charge in [0.05, 0.1) is 25.4 Å². The van der Waals surface area contributed by atoms with Crippen molar-refractivity contribution >= 4 is 16.3 Å². The number of carbonyl (C=O) groups is 1. The van der Waals surface area contributed by atoms with Gasteiger partial charge in [0.25, 0.3) is 0 Å². The topological polar surface area (TPSA) is 192 Å². The second-order valence-electron chi connectivity index (χ2n) is 14.6. The number of hydrogen-bond donors (Lipinski definition) is 6. The summed E-state index contributed by atoms with van der Waals surface area (Å²) in [4.78, 5) is 12.9. The zero-order valence-electron chi connectivity index (χ0n) is 31.9.